The quantitative estimate of drug-likeness (QED) is 0.648. The standard InChI is InChI=1S/C10H20N2O/c1-4-5-6-11-7-8-12(9-11)10(2)13-3/h7-8,10H,4-6,9H2,1-3H3. The largest absolute Gasteiger partial charge is 0.362 e. The zero-order valence-corrected chi connectivity index (χ0v) is 8.86. The summed E-state index contributed by atoms with van der Waals surface area (Å²) in [5.74, 6) is 0. The number of nitrogens with zero attached hydrogens (tertiary/aromatic N) is 2. The monoisotopic (exact) mass is 184 g/mol. The van der Waals surface area contributed by atoms with Gasteiger partial charge in [0.2, 0.25) is 0 Å². The van der Waals surface area contributed by atoms with E-state index in [4.69, 9.17) is 4.74 Å². The molecule has 1 atom stereocenters. The van der Waals surface area contributed by atoms with E-state index < -0.39 is 0 Å². The van der Waals surface area contributed by atoms with Crippen molar-refractivity contribution < 1.29 is 4.74 Å². The molecule has 1 aliphatic heterocycles. The van der Waals surface area contributed by atoms with Crippen molar-refractivity contribution in [1.82, 2.24) is 9.80 Å². The third-order valence-electron chi connectivity index (χ3n) is 2.42. The summed E-state index contributed by atoms with van der Waals surface area (Å²) >= 11 is 0. The molecule has 0 saturated carbocycles. The SMILES string of the molecule is CCCCN1C=CN(C(C)OC)C1. The van der Waals surface area contributed by atoms with Crippen LogP contribution in [0.5, 0.6) is 0 Å². The molecule has 0 saturated heterocycles. The van der Waals surface area contributed by atoms with Crippen LogP contribution in [-0.2, 0) is 4.74 Å². The van der Waals surface area contributed by atoms with Gasteiger partial charge in [-0.25, -0.2) is 0 Å². The first-order valence-corrected chi connectivity index (χ1v) is 4.99. The molecule has 0 radical (unpaired) electrons. The van der Waals surface area contributed by atoms with Gasteiger partial charge in [-0.05, 0) is 13.3 Å². The lowest BCUT2D eigenvalue weighted by Crippen LogP contribution is -2.33. The Morgan fingerprint density at radius 1 is 1.46 bits per heavy atom. The molecule has 0 bridgehead atoms. The van der Waals surface area contributed by atoms with Crippen molar-refractivity contribution in [2.24, 2.45) is 0 Å². The van der Waals surface area contributed by atoms with Crippen molar-refractivity contribution in [3.8, 4) is 0 Å². The fraction of sp³-hybridized carbons (Fsp3) is 0.800. The Labute approximate surface area is 81.0 Å². The Morgan fingerprint density at radius 3 is 2.85 bits per heavy atom. The molecule has 0 N–H and O–H groups in total. The van der Waals surface area contributed by atoms with Gasteiger partial charge < -0.3 is 14.5 Å². The number of hydrogen-bond acceptors (Lipinski definition) is 3. The van der Waals surface area contributed by atoms with Crippen molar-refractivity contribution in [1.29, 1.82) is 0 Å². The van der Waals surface area contributed by atoms with Crippen LogP contribution in [0.3, 0.4) is 0 Å². The summed E-state index contributed by atoms with van der Waals surface area (Å²) in [4.78, 5) is 4.51. The van der Waals surface area contributed by atoms with E-state index in [0.29, 0.717) is 0 Å². The fourth-order valence-electron chi connectivity index (χ4n) is 1.36. The summed E-state index contributed by atoms with van der Waals surface area (Å²) in [5, 5.41) is 0. The minimum atomic E-state index is 0.183. The highest BCUT2D eigenvalue weighted by molar-refractivity contribution is 4.90. The molecule has 3 nitrogen and oxygen atoms in total. The summed E-state index contributed by atoms with van der Waals surface area (Å²) in [5.41, 5.74) is 0. The van der Waals surface area contributed by atoms with E-state index in [-0.39, 0.29) is 6.23 Å². The van der Waals surface area contributed by atoms with E-state index in [0.717, 1.165) is 13.2 Å². The normalized spacial score (nSPS) is 18.4. The van der Waals surface area contributed by atoms with Crippen LogP contribution in [0.4, 0.5) is 0 Å². The van der Waals surface area contributed by atoms with E-state index in [1.54, 1.807) is 7.11 Å². The Bertz CT molecular complexity index is 170. The molecule has 0 amide bonds. The van der Waals surface area contributed by atoms with Gasteiger partial charge in [0.25, 0.3) is 0 Å². The third-order valence-corrected chi connectivity index (χ3v) is 2.42. The average Bonchev–Trinajstić information content (AvgIpc) is 2.62. The summed E-state index contributed by atoms with van der Waals surface area (Å²) in [6, 6.07) is 0. The molecule has 1 unspecified atom stereocenters. The van der Waals surface area contributed by atoms with Gasteiger partial charge in [-0.15, -0.1) is 0 Å². The van der Waals surface area contributed by atoms with Gasteiger partial charge in [0.15, 0.2) is 0 Å². The van der Waals surface area contributed by atoms with E-state index >= 15 is 0 Å². The van der Waals surface area contributed by atoms with E-state index in [2.05, 4.69) is 36.0 Å². The lowest BCUT2D eigenvalue weighted by Gasteiger charge is -2.25. The molecule has 3 heteroatoms. The molecule has 1 aliphatic rings. The van der Waals surface area contributed by atoms with Crippen molar-refractivity contribution in [3.63, 3.8) is 0 Å². The number of methoxy groups -OCH3 is 1. The number of unbranched alkanes of at least 4 members (excludes halogenated alkanes) is 1. The van der Waals surface area contributed by atoms with Crippen LogP contribution in [-0.4, -0.2) is 36.4 Å². The summed E-state index contributed by atoms with van der Waals surface area (Å²) in [6.07, 6.45) is 6.95. The van der Waals surface area contributed by atoms with Gasteiger partial charge in [-0.3, -0.25) is 0 Å². The van der Waals surface area contributed by atoms with Crippen LogP contribution in [0.1, 0.15) is 26.7 Å². The molecule has 0 aliphatic carbocycles. The lowest BCUT2D eigenvalue weighted by atomic mass is 10.3. The molecule has 0 spiro atoms. The third kappa shape index (κ3) is 2.92. The van der Waals surface area contributed by atoms with Gasteiger partial charge in [0.1, 0.15) is 6.23 Å². The average molecular weight is 184 g/mol. The minimum absolute atomic E-state index is 0.183. The maximum Gasteiger partial charge on any atom is 0.127 e. The maximum absolute atomic E-state index is 5.23. The maximum atomic E-state index is 5.23. The molecule has 0 aromatic rings. The summed E-state index contributed by atoms with van der Waals surface area (Å²) in [7, 11) is 1.74. The van der Waals surface area contributed by atoms with Gasteiger partial charge >= 0.3 is 0 Å². The van der Waals surface area contributed by atoms with Crippen LogP contribution >= 0.6 is 0 Å². The fourth-order valence-corrected chi connectivity index (χ4v) is 1.36. The number of hydrogen-bond donors (Lipinski definition) is 0. The van der Waals surface area contributed by atoms with Crippen molar-refractivity contribution in [2.75, 3.05) is 20.3 Å². The summed E-state index contributed by atoms with van der Waals surface area (Å²) < 4.78 is 5.23. The van der Waals surface area contributed by atoms with Crippen LogP contribution in [0.2, 0.25) is 0 Å². The second-order valence-electron chi connectivity index (χ2n) is 3.45. The Hall–Kier alpha value is -0.700. The molecule has 0 aromatic carbocycles. The van der Waals surface area contributed by atoms with Crippen LogP contribution in [0, 0.1) is 0 Å². The van der Waals surface area contributed by atoms with E-state index in [1.165, 1.54) is 12.8 Å². The second kappa shape index (κ2) is 5.12. The number of rotatable bonds is 5. The first kappa shape index (κ1) is 10.4. The van der Waals surface area contributed by atoms with Gasteiger partial charge in [0, 0.05) is 26.1 Å². The highest BCUT2D eigenvalue weighted by Gasteiger charge is 2.15. The van der Waals surface area contributed by atoms with Gasteiger partial charge in [-0.1, -0.05) is 13.3 Å². The molecule has 76 valence electrons. The van der Waals surface area contributed by atoms with E-state index in [9.17, 15) is 0 Å². The Kier molecular flexibility index (Phi) is 4.09. The smallest absolute Gasteiger partial charge is 0.127 e. The zero-order chi connectivity index (χ0) is 9.68. The highest BCUT2D eigenvalue weighted by Crippen LogP contribution is 2.11. The number of ether oxygens (including phenoxy) is 1. The van der Waals surface area contributed by atoms with E-state index in [1.807, 2.05) is 0 Å². The van der Waals surface area contributed by atoms with Crippen molar-refractivity contribution >= 4 is 0 Å². The minimum Gasteiger partial charge on any atom is -0.362 e. The summed E-state index contributed by atoms with van der Waals surface area (Å²) in [6.45, 7) is 6.40. The topological polar surface area (TPSA) is 15.7 Å². The first-order chi connectivity index (χ1) is 6.27. The highest BCUT2D eigenvalue weighted by atomic mass is 16.5. The molecule has 0 fully saturated rings. The Morgan fingerprint density at radius 2 is 2.23 bits per heavy atom. The molecular weight excluding hydrogens is 164 g/mol. The van der Waals surface area contributed by atoms with Crippen molar-refractivity contribution in [2.45, 2.75) is 32.9 Å². The van der Waals surface area contributed by atoms with Crippen LogP contribution in [0.15, 0.2) is 12.4 Å². The molecule has 13 heavy (non-hydrogen) atoms. The van der Waals surface area contributed by atoms with Crippen LogP contribution < -0.4 is 0 Å². The van der Waals surface area contributed by atoms with Gasteiger partial charge in [-0.2, -0.15) is 0 Å². The Balaban J connectivity index is 2.25. The van der Waals surface area contributed by atoms with Crippen molar-refractivity contribution in [3.05, 3.63) is 12.4 Å². The van der Waals surface area contributed by atoms with Crippen LogP contribution in [0.25, 0.3) is 0 Å². The van der Waals surface area contributed by atoms with Gasteiger partial charge in [0.05, 0.1) is 6.67 Å². The predicted molar refractivity (Wildman–Crippen MR) is 53.9 cm³/mol. The lowest BCUT2D eigenvalue weighted by molar-refractivity contribution is 0.000385. The molecule has 0 aromatic heterocycles. The second-order valence-corrected chi connectivity index (χ2v) is 3.45. The molecule has 1 rings (SSSR count). The zero-order valence-electron chi connectivity index (χ0n) is 8.86. The predicted octanol–water partition coefficient (Wildman–Crippen LogP) is 1.83. The molecular formula is C10H20N2O. The first-order valence-electron chi connectivity index (χ1n) is 4.99. The molecule has 1 heterocycles.